The van der Waals surface area contributed by atoms with Crippen molar-refractivity contribution in [1.82, 2.24) is 5.32 Å². The highest BCUT2D eigenvalue weighted by atomic mass is 79.9. The van der Waals surface area contributed by atoms with E-state index in [1.54, 1.807) is 6.92 Å². The van der Waals surface area contributed by atoms with Crippen LogP contribution in [0.4, 0.5) is 14.9 Å². The van der Waals surface area contributed by atoms with Crippen LogP contribution in [0.3, 0.4) is 0 Å². The number of rotatable bonds is 6. The van der Waals surface area contributed by atoms with E-state index in [4.69, 9.17) is 9.84 Å². The van der Waals surface area contributed by atoms with Crippen molar-refractivity contribution in [2.24, 2.45) is 0 Å². The van der Waals surface area contributed by atoms with Gasteiger partial charge in [-0.15, -0.1) is 0 Å². The number of carbonyl (C=O) groups excluding carboxylic acids is 1. The first-order valence-electron chi connectivity index (χ1n) is 6.04. The van der Waals surface area contributed by atoms with Crippen LogP contribution in [-0.4, -0.2) is 37.0 Å². The predicted molar refractivity (Wildman–Crippen MR) is 78.2 cm³/mol. The number of methoxy groups -OCH3 is 1. The van der Waals surface area contributed by atoms with Gasteiger partial charge in [-0.05, 0) is 47.5 Å². The van der Waals surface area contributed by atoms with Gasteiger partial charge in [-0.25, -0.2) is 9.18 Å². The average molecular weight is 349 g/mol. The van der Waals surface area contributed by atoms with Crippen LogP contribution in [0.25, 0.3) is 0 Å². The minimum absolute atomic E-state index is 0.0796. The highest BCUT2D eigenvalue weighted by molar-refractivity contribution is 9.10. The van der Waals surface area contributed by atoms with Crippen LogP contribution in [0.2, 0.25) is 0 Å². The van der Waals surface area contributed by atoms with Crippen molar-refractivity contribution in [3.63, 3.8) is 0 Å². The maximum atomic E-state index is 13.1. The molecular weight excluding hydrogens is 331 g/mol. The maximum Gasteiger partial charge on any atom is 0.319 e. The molecule has 0 aromatic heterocycles. The molecular formula is C13H18BrFN2O3. The van der Waals surface area contributed by atoms with E-state index < -0.39 is 17.4 Å². The van der Waals surface area contributed by atoms with E-state index in [1.165, 1.54) is 25.3 Å². The standard InChI is InChI=1S/C13H18BrFN2O3/c1-13(5-6-18,8-20-2)17-12(19)16-11-7-9(15)3-4-10(11)14/h3-4,7,18H,5-6,8H2,1-2H3,(H2,16,17,19). The third kappa shape index (κ3) is 5.07. The molecule has 0 radical (unpaired) electrons. The van der Waals surface area contributed by atoms with Crippen molar-refractivity contribution in [1.29, 1.82) is 0 Å². The van der Waals surface area contributed by atoms with Gasteiger partial charge in [0, 0.05) is 18.2 Å². The second kappa shape index (κ2) is 7.56. The molecule has 0 aliphatic heterocycles. The predicted octanol–water partition coefficient (Wildman–Crippen LogP) is 2.50. The van der Waals surface area contributed by atoms with Gasteiger partial charge in [0.05, 0.1) is 17.8 Å². The lowest BCUT2D eigenvalue weighted by atomic mass is 10.00. The van der Waals surface area contributed by atoms with Gasteiger partial charge in [0.1, 0.15) is 5.82 Å². The van der Waals surface area contributed by atoms with Gasteiger partial charge in [-0.3, -0.25) is 0 Å². The van der Waals surface area contributed by atoms with Crippen LogP contribution >= 0.6 is 15.9 Å². The minimum Gasteiger partial charge on any atom is -0.396 e. The molecule has 3 N–H and O–H groups in total. The van der Waals surface area contributed by atoms with E-state index in [2.05, 4.69) is 26.6 Å². The van der Waals surface area contributed by atoms with Crippen molar-refractivity contribution in [3.05, 3.63) is 28.5 Å². The number of carbonyl (C=O) groups is 1. The molecule has 1 rings (SSSR count). The molecule has 0 bridgehead atoms. The summed E-state index contributed by atoms with van der Waals surface area (Å²) in [6.45, 7) is 1.93. The lowest BCUT2D eigenvalue weighted by molar-refractivity contribution is 0.104. The Balaban J connectivity index is 2.72. The van der Waals surface area contributed by atoms with Crippen LogP contribution in [0.1, 0.15) is 13.3 Å². The Morgan fingerprint density at radius 1 is 1.55 bits per heavy atom. The van der Waals surface area contributed by atoms with E-state index in [1.807, 2.05) is 0 Å². The highest BCUT2D eigenvalue weighted by Gasteiger charge is 2.26. The molecule has 0 aliphatic rings. The van der Waals surface area contributed by atoms with Gasteiger partial charge in [0.25, 0.3) is 0 Å². The van der Waals surface area contributed by atoms with Gasteiger partial charge < -0.3 is 20.5 Å². The normalized spacial score (nSPS) is 13.7. The SMILES string of the molecule is COCC(C)(CCO)NC(=O)Nc1cc(F)ccc1Br. The zero-order valence-electron chi connectivity index (χ0n) is 11.4. The number of aliphatic hydroxyl groups is 1. The van der Waals surface area contributed by atoms with Crippen LogP contribution in [0, 0.1) is 5.82 Å². The molecule has 1 aromatic rings. The first-order valence-corrected chi connectivity index (χ1v) is 6.83. The van der Waals surface area contributed by atoms with E-state index in [0.29, 0.717) is 16.6 Å². The number of hydrogen-bond donors (Lipinski definition) is 3. The Kier molecular flexibility index (Phi) is 6.38. The summed E-state index contributed by atoms with van der Waals surface area (Å²) in [7, 11) is 1.51. The second-order valence-corrected chi connectivity index (χ2v) is 5.52. The van der Waals surface area contributed by atoms with Crippen molar-refractivity contribution >= 4 is 27.6 Å². The zero-order chi connectivity index (χ0) is 15.2. The van der Waals surface area contributed by atoms with Crippen molar-refractivity contribution < 1.29 is 19.0 Å². The van der Waals surface area contributed by atoms with Gasteiger partial charge >= 0.3 is 6.03 Å². The summed E-state index contributed by atoms with van der Waals surface area (Å²) in [5.41, 5.74) is -0.376. The fourth-order valence-electron chi connectivity index (χ4n) is 1.76. The Labute approximate surface area is 125 Å². The van der Waals surface area contributed by atoms with Crippen LogP contribution in [0.15, 0.2) is 22.7 Å². The molecule has 0 heterocycles. The van der Waals surface area contributed by atoms with Crippen molar-refractivity contribution in [3.8, 4) is 0 Å². The fraction of sp³-hybridized carbons (Fsp3) is 0.462. The summed E-state index contributed by atoms with van der Waals surface area (Å²) >= 11 is 3.23. The molecule has 1 unspecified atom stereocenters. The van der Waals surface area contributed by atoms with Crippen LogP contribution in [-0.2, 0) is 4.74 Å². The number of hydrogen-bond acceptors (Lipinski definition) is 3. The quantitative estimate of drug-likeness (QED) is 0.739. The number of nitrogens with one attached hydrogen (secondary N) is 2. The van der Waals surface area contributed by atoms with E-state index >= 15 is 0 Å². The molecule has 2 amide bonds. The number of benzene rings is 1. The Bertz CT molecular complexity index is 465. The largest absolute Gasteiger partial charge is 0.396 e. The van der Waals surface area contributed by atoms with Crippen molar-refractivity contribution in [2.45, 2.75) is 18.9 Å². The third-order valence-electron chi connectivity index (χ3n) is 2.72. The molecule has 1 atom stereocenters. The van der Waals surface area contributed by atoms with Gasteiger partial charge in [-0.1, -0.05) is 0 Å². The summed E-state index contributed by atoms with van der Waals surface area (Å²) in [4.78, 5) is 11.9. The summed E-state index contributed by atoms with van der Waals surface area (Å²) in [6.07, 6.45) is 0.346. The Hall–Kier alpha value is -1.18. The molecule has 1 aromatic carbocycles. The highest BCUT2D eigenvalue weighted by Crippen LogP contribution is 2.23. The number of halogens is 2. The number of ether oxygens (including phenoxy) is 1. The van der Waals surface area contributed by atoms with Gasteiger partial charge in [0.15, 0.2) is 0 Å². The fourth-order valence-corrected chi connectivity index (χ4v) is 2.10. The molecule has 0 fully saturated rings. The molecule has 20 heavy (non-hydrogen) atoms. The molecule has 0 spiro atoms. The van der Waals surface area contributed by atoms with E-state index in [0.717, 1.165) is 0 Å². The molecule has 5 nitrogen and oxygen atoms in total. The number of urea groups is 1. The third-order valence-corrected chi connectivity index (χ3v) is 3.41. The topological polar surface area (TPSA) is 70.6 Å². The smallest absolute Gasteiger partial charge is 0.319 e. The first-order chi connectivity index (χ1) is 9.40. The minimum atomic E-state index is -0.701. The molecule has 7 heteroatoms. The Morgan fingerprint density at radius 3 is 2.85 bits per heavy atom. The summed E-state index contributed by atoms with van der Waals surface area (Å²) < 4.78 is 18.7. The first kappa shape index (κ1) is 16.9. The maximum absolute atomic E-state index is 13.1. The van der Waals surface area contributed by atoms with Crippen LogP contribution < -0.4 is 10.6 Å². The second-order valence-electron chi connectivity index (χ2n) is 4.67. The van der Waals surface area contributed by atoms with Crippen LogP contribution in [0.5, 0.6) is 0 Å². The number of anilines is 1. The lowest BCUT2D eigenvalue weighted by Crippen LogP contribution is -2.51. The van der Waals surface area contributed by atoms with E-state index in [9.17, 15) is 9.18 Å². The Morgan fingerprint density at radius 2 is 2.25 bits per heavy atom. The zero-order valence-corrected chi connectivity index (χ0v) is 13.0. The molecule has 112 valence electrons. The lowest BCUT2D eigenvalue weighted by Gasteiger charge is -2.29. The molecule has 0 saturated heterocycles. The van der Waals surface area contributed by atoms with E-state index in [-0.39, 0.29) is 13.2 Å². The summed E-state index contributed by atoms with van der Waals surface area (Å²) in [5.74, 6) is -0.446. The average Bonchev–Trinajstić information content (AvgIpc) is 2.34. The monoisotopic (exact) mass is 348 g/mol. The van der Waals surface area contributed by atoms with Crippen molar-refractivity contribution in [2.75, 3.05) is 25.6 Å². The van der Waals surface area contributed by atoms with Gasteiger partial charge in [-0.2, -0.15) is 0 Å². The van der Waals surface area contributed by atoms with Gasteiger partial charge in [0.2, 0.25) is 0 Å². The molecule has 0 aliphatic carbocycles. The number of amides is 2. The molecule has 0 saturated carbocycles. The summed E-state index contributed by atoms with van der Waals surface area (Å²) in [6, 6.07) is 3.51. The number of aliphatic hydroxyl groups excluding tert-OH is 1. The summed E-state index contributed by atoms with van der Waals surface area (Å²) in [5, 5.41) is 14.3.